The van der Waals surface area contributed by atoms with Crippen LogP contribution in [-0.2, 0) is 20.2 Å². The van der Waals surface area contributed by atoms with E-state index in [1.165, 1.54) is 23.4 Å². The summed E-state index contributed by atoms with van der Waals surface area (Å²) in [5, 5.41) is 3.36. The molecule has 3 aromatic carbocycles. The first-order chi connectivity index (χ1) is 18.9. The van der Waals surface area contributed by atoms with Gasteiger partial charge in [0.05, 0.1) is 16.6 Å². The first-order valence-corrected chi connectivity index (χ1v) is 15.0. The zero-order valence-corrected chi connectivity index (χ0v) is 24.1. The van der Waals surface area contributed by atoms with E-state index >= 15 is 0 Å². The van der Waals surface area contributed by atoms with Crippen molar-refractivity contribution in [2.45, 2.75) is 50.0 Å². The molecule has 2 heterocycles. The van der Waals surface area contributed by atoms with Crippen LogP contribution in [0.5, 0.6) is 0 Å². The van der Waals surface area contributed by atoms with E-state index in [9.17, 15) is 22.4 Å². The van der Waals surface area contributed by atoms with Gasteiger partial charge < -0.3 is 10.2 Å². The Labute approximate surface area is 239 Å². The summed E-state index contributed by atoms with van der Waals surface area (Å²) >= 11 is 6.08. The Bertz CT molecular complexity index is 1570. The minimum absolute atomic E-state index is 0.00787. The Morgan fingerprint density at radius 2 is 1.70 bits per heavy atom. The number of hydrogen-bond acceptors (Lipinski definition) is 4. The minimum atomic E-state index is -4.08. The van der Waals surface area contributed by atoms with Crippen molar-refractivity contribution in [1.29, 1.82) is 0 Å². The average molecular weight is 584 g/mol. The number of rotatable bonds is 5. The Morgan fingerprint density at radius 3 is 2.30 bits per heavy atom. The number of sulfonamides is 1. The van der Waals surface area contributed by atoms with Crippen molar-refractivity contribution in [3.05, 3.63) is 88.7 Å². The number of likely N-dealkylation sites (tertiary alicyclic amines) is 1. The molecular weight excluding hydrogens is 553 g/mol. The maximum Gasteiger partial charge on any atom is 0.264 e. The van der Waals surface area contributed by atoms with Crippen LogP contribution in [0.15, 0.2) is 71.6 Å². The fraction of sp³-hybridized carbons (Fsp3) is 0.333. The van der Waals surface area contributed by atoms with Crippen molar-refractivity contribution in [2.24, 2.45) is 5.92 Å². The van der Waals surface area contributed by atoms with Crippen LogP contribution in [0.1, 0.15) is 49.5 Å². The van der Waals surface area contributed by atoms with Gasteiger partial charge in [-0.3, -0.25) is 13.9 Å². The van der Waals surface area contributed by atoms with Crippen LogP contribution in [0.3, 0.4) is 0 Å². The highest BCUT2D eigenvalue weighted by atomic mass is 35.5. The van der Waals surface area contributed by atoms with Crippen molar-refractivity contribution >= 4 is 44.8 Å². The Hall–Kier alpha value is -3.43. The van der Waals surface area contributed by atoms with Gasteiger partial charge in [0.15, 0.2) is 0 Å². The number of halogens is 2. The number of hydrogen-bond donors (Lipinski definition) is 1. The molecule has 5 rings (SSSR count). The van der Waals surface area contributed by atoms with Crippen LogP contribution in [0.25, 0.3) is 0 Å². The van der Waals surface area contributed by atoms with Crippen molar-refractivity contribution in [3.8, 4) is 0 Å². The largest absolute Gasteiger partial charge is 0.343 e. The summed E-state index contributed by atoms with van der Waals surface area (Å²) in [6, 6.07) is 16.3. The van der Waals surface area contributed by atoms with E-state index < -0.39 is 27.3 Å². The second-order valence-corrected chi connectivity index (χ2v) is 13.1. The predicted molar refractivity (Wildman–Crippen MR) is 154 cm³/mol. The summed E-state index contributed by atoms with van der Waals surface area (Å²) in [6.07, 6.45) is 1.08. The number of nitrogens with one attached hydrogen (secondary N) is 1. The summed E-state index contributed by atoms with van der Waals surface area (Å²) in [5.74, 6) is -0.998. The second kappa shape index (κ2) is 10.5. The van der Waals surface area contributed by atoms with E-state index in [0.717, 1.165) is 17.7 Å². The van der Waals surface area contributed by atoms with Crippen molar-refractivity contribution in [2.75, 3.05) is 22.7 Å². The molecule has 210 valence electrons. The zero-order chi connectivity index (χ0) is 28.8. The number of fused-ring (bicyclic) bond motifs is 2. The molecule has 2 aliphatic heterocycles. The van der Waals surface area contributed by atoms with Crippen molar-refractivity contribution in [1.82, 2.24) is 4.90 Å². The highest BCUT2D eigenvalue weighted by Crippen LogP contribution is 2.55. The third-order valence-corrected chi connectivity index (χ3v) is 10.1. The lowest BCUT2D eigenvalue weighted by atomic mass is 9.66. The smallest absolute Gasteiger partial charge is 0.264 e. The number of nitrogens with zero attached hydrogens (tertiary/aromatic N) is 2. The minimum Gasteiger partial charge on any atom is -0.343 e. The molecular formula is C30H31ClFN3O4S. The molecule has 40 heavy (non-hydrogen) atoms. The quantitative estimate of drug-likeness (QED) is 0.408. The maximum atomic E-state index is 14.2. The van der Waals surface area contributed by atoms with Crippen LogP contribution < -0.4 is 9.62 Å². The van der Waals surface area contributed by atoms with E-state index in [0.29, 0.717) is 47.9 Å². The van der Waals surface area contributed by atoms with E-state index in [-0.39, 0.29) is 22.6 Å². The summed E-state index contributed by atoms with van der Waals surface area (Å²) in [4.78, 5) is 27.2. The van der Waals surface area contributed by atoms with Gasteiger partial charge in [0.1, 0.15) is 5.82 Å². The third kappa shape index (κ3) is 4.86. The molecule has 1 saturated heterocycles. The maximum absolute atomic E-state index is 14.2. The zero-order valence-electron chi connectivity index (χ0n) is 22.5. The van der Waals surface area contributed by atoms with E-state index in [4.69, 9.17) is 11.6 Å². The average Bonchev–Trinajstić information content (AvgIpc) is 3.19. The van der Waals surface area contributed by atoms with Crippen LogP contribution in [0.4, 0.5) is 15.8 Å². The highest BCUT2D eigenvalue weighted by molar-refractivity contribution is 7.92. The number of carbonyl (C=O) groups excluding carboxylic acids is 2. The number of carbonyl (C=O) groups is 2. The topological polar surface area (TPSA) is 86.8 Å². The molecule has 0 aromatic heterocycles. The number of anilines is 2. The van der Waals surface area contributed by atoms with E-state index in [1.54, 1.807) is 47.4 Å². The molecule has 1 N–H and O–H groups in total. The number of piperidine rings is 1. The SMILES string of the molecule is CC(=O)N1CCC2(CC1)c1cc(C(=O)Nc3cccc(Cl)c3)ccc1N(S(=O)(=O)c1ccc(F)cc1)C2C(C)C. The molecule has 0 aliphatic carbocycles. The van der Waals surface area contributed by atoms with Gasteiger partial charge in [0, 0.05) is 41.7 Å². The molecule has 2 aliphatic rings. The second-order valence-electron chi connectivity index (χ2n) is 10.8. The summed E-state index contributed by atoms with van der Waals surface area (Å²) in [7, 11) is -4.08. The van der Waals surface area contributed by atoms with Gasteiger partial charge >= 0.3 is 0 Å². The Kier molecular flexibility index (Phi) is 7.39. The van der Waals surface area contributed by atoms with Crippen molar-refractivity contribution < 1.29 is 22.4 Å². The predicted octanol–water partition coefficient (Wildman–Crippen LogP) is 5.85. The van der Waals surface area contributed by atoms with E-state index in [1.807, 2.05) is 13.8 Å². The molecule has 3 aromatic rings. The van der Waals surface area contributed by atoms with Crippen LogP contribution in [0.2, 0.25) is 5.02 Å². The number of benzene rings is 3. The first kappa shape index (κ1) is 28.1. The summed E-state index contributed by atoms with van der Waals surface area (Å²) in [5.41, 5.74) is 1.56. The molecule has 1 atom stereocenters. The van der Waals surface area contributed by atoms with Gasteiger partial charge in [0.2, 0.25) is 5.91 Å². The molecule has 0 saturated carbocycles. The van der Waals surface area contributed by atoms with Crippen LogP contribution >= 0.6 is 11.6 Å². The highest BCUT2D eigenvalue weighted by Gasteiger charge is 2.56. The normalized spacial score (nSPS) is 18.2. The van der Waals surface area contributed by atoms with Gasteiger partial charge in [0.25, 0.3) is 15.9 Å². The Morgan fingerprint density at radius 1 is 1.02 bits per heavy atom. The molecule has 1 spiro atoms. The lowest BCUT2D eigenvalue weighted by Gasteiger charge is -2.46. The van der Waals surface area contributed by atoms with Crippen LogP contribution in [-0.4, -0.2) is 44.3 Å². The molecule has 0 bridgehead atoms. The lowest BCUT2D eigenvalue weighted by molar-refractivity contribution is -0.130. The molecule has 1 fully saturated rings. The molecule has 2 amide bonds. The molecule has 7 nitrogen and oxygen atoms in total. The summed E-state index contributed by atoms with van der Waals surface area (Å²) < 4.78 is 43.5. The van der Waals surface area contributed by atoms with Gasteiger partial charge in [-0.15, -0.1) is 0 Å². The fourth-order valence-corrected chi connectivity index (χ4v) is 8.32. The van der Waals surface area contributed by atoms with Gasteiger partial charge in [-0.2, -0.15) is 0 Å². The molecule has 10 heteroatoms. The Balaban J connectivity index is 1.63. The van der Waals surface area contributed by atoms with Crippen molar-refractivity contribution in [3.63, 3.8) is 0 Å². The van der Waals surface area contributed by atoms with E-state index in [2.05, 4.69) is 5.32 Å². The molecule has 0 radical (unpaired) electrons. The summed E-state index contributed by atoms with van der Waals surface area (Å²) in [6.45, 7) is 6.44. The first-order valence-electron chi connectivity index (χ1n) is 13.2. The monoisotopic (exact) mass is 583 g/mol. The lowest BCUT2D eigenvalue weighted by Crippen LogP contribution is -2.55. The van der Waals surface area contributed by atoms with Gasteiger partial charge in [-0.25, -0.2) is 12.8 Å². The van der Waals surface area contributed by atoms with Gasteiger partial charge in [-0.1, -0.05) is 31.5 Å². The standard InChI is InChI=1S/C30H31ClFN3O4S/c1-19(2)28-30(13-15-34(16-14-30)20(3)36)26-17-21(29(37)33-24-6-4-5-22(31)18-24)7-12-27(26)35(28)40(38,39)25-10-8-23(32)9-11-25/h4-12,17-19,28H,13-16H2,1-3H3,(H,33,37). The van der Waals surface area contributed by atoms with Crippen LogP contribution in [0, 0.1) is 11.7 Å². The number of amides is 2. The molecule has 1 unspecified atom stereocenters. The van der Waals surface area contributed by atoms with Gasteiger partial charge in [-0.05, 0) is 85.0 Å². The third-order valence-electron chi connectivity index (χ3n) is 8.04. The fourth-order valence-electron chi connectivity index (χ4n) is 6.27.